The minimum Gasteiger partial charge on any atom is -0.346 e. The Balaban J connectivity index is 2.31. The zero-order valence-corrected chi connectivity index (χ0v) is 9.13. The first-order chi connectivity index (χ1) is 7.98. The topological polar surface area (TPSA) is 36.1 Å². The number of anilines is 1. The van der Waals surface area contributed by atoms with E-state index in [0.29, 0.717) is 19.4 Å². The monoisotopic (exact) mass is 246 g/mol. The van der Waals surface area contributed by atoms with E-state index in [1.165, 1.54) is 23.1 Å². The van der Waals surface area contributed by atoms with Crippen LogP contribution in [-0.2, 0) is 0 Å². The standard InChI is InChI=1S/C11H13F3N2O/c12-11(13,14)8-4-1-2-7-16(8)9-5-3-6-10(17)15-9/h3,5-6,8H,1-2,4,7H2,(H,15,17). The second kappa shape index (κ2) is 4.43. The van der Waals surface area contributed by atoms with Crippen LogP contribution in [0.1, 0.15) is 19.3 Å². The highest BCUT2D eigenvalue weighted by atomic mass is 19.4. The van der Waals surface area contributed by atoms with Gasteiger partial charge in [-0.2, -0.15) is 13.2 Å². The first-order valence-electron chi connectivity index (χ1n) is 5.51. The van der Waals surface area contributed by atoms with Gasteiger partial charge in [-0.25, -0.2) is 0 Å². The molecule has 1 atom stereocenters. The molecule has 1 N–H and O–H groups in total. The Kier molecular flexibility index (Phi) is 3.13. The van der Waals surface area contributed by atoms with E-state index >= 15 is 0 Å². The Morgan fingerprint density at radius 2 is 2.06 bits per heavy atom. The van der Waals surface area contributed by atoms with Crippen molar-refractivity contribution in [2.75, 3.05) is 11.4 Å². The molecule has 94 valence electrons. The van der Waals surface area contributed by atoms with Gasteiger partial charge in [0.2, 0.25) is 5.56 Å². The summed E-state index contributed by atoms with van der Waals surface area (Å²) in [6.45, 7) is 0.324. The van der Waals surface area contributed by atoms with Crippen LogP contribution < -0.4 is 10.5 Å². The van der Waals surface area contributed by atoms with Gasteiger partial charge in [0.1, 0.15) is 11.9 Å². The van der Waals surface area contributed by atoms with Gasteiger partial charge in [0.05, 0.1) is 0 Å². The maximum absolute atomic E-state index is 12.8. The van der Waals surface area contributed by atoms with Crippen LogP contribution in [0, 0.1) is 0 Å². The molecule has 6 heteroatoms. The highest BCUT2D eigenvalue weighted by Crippen LogP contribution is 2.33. The number of halogens is 3. The highest BCUT2D eigenvalue weighted by Gasteiger charge is 2.44. The summed E-state index contributed by atoms with van der Waals surface area (Å²) < 4.78 is 38.5. The maximum atomic E-state index is 12.8. The molecule has 0 bridgehead atoms. The summed E-state index contributed by atoms with van der Waals surface area (Å²) in [5.41, 5.74) is -0.381. The van der Waals surface area contributed by atoms with Crippen molar-refractivity contribution in [2.24, 2.45) is 0 Å². The molecule has 1 unspecified atom stereocenters. The van der Waals surface area contributed by atoms with Gasteiger partial charge in [-0.15, -0.1) is 0 Å². The molecule has 2 rings (SSSR count). The maximum Gasteiger partial charge on any atom is 0.408 e. The van der Waals surface area contributed by atoms with Crippen molar-refractivity contribution >= 4 is 5.82 Å². The second-order valence-electron chi connectivity index (χ2n) is 4.15. The molecule has 0 aromatic carbocycles. The number of hydrogen-bond acceptors (Lipinski definition) is 2. The van der Waals surface area contributed by atoms with Gasteiger partial charge >= 0.3 is 6.18 Å². The molecule has 1 aromatic heterocycles. The molecule has 1 saturated heterocycles. The molecule has 1 fully saturated rings. The summed E-state index contributed by atoms with van der Waals surface area (Å²) in [5.74, 6) is 0.250. The molecule has 1 aromatic rings. The third kappa shape index (κ3) is 2.62. The van der Waals surface area contributed by atoms with Crippen LogP contribution in [-0.4, -0.2) is 23.7 Å². The molecule has 0 radical (unpaired) electrons. The molecule has 0 spiro atoms. The normalized spacial score (nSPS) is 21.6. The van der Waals surface area contributed by atoms with E-state index in [0.717, 1.165) is 0 Å². The van der Waals surface area contributed by atoms with Crippen molar-refractivity contribution in [3.8, 4) is 0 Å². The quantitative estimate of drug-likeness (QED) is 0.825. The Bertz CT molecular complexity index is 441. The fourth-order valence-corrected chi connectivity index (χ4v) is 2.16. The number of H-pyrrole nitrogens is 1. The van der Waals surface area contributed by atoms with Crippen molar-refractivity contribution in [2.45, 2.75) is 31.5 Å². The SMILES string of the molecule is O=c1cccc(N2CCCCC2C(F)(F)F)[nH]1. The van der Waals surface area contributed by atoms with E-state index in [-0.39, 0.29) is 17.8 Å². The van der Waals surface area contributed by atoms with Crippen LogP contribution in [0.3, 0.4) is 0 Å². The molecule has 17 heavy (non-hydrogen) atoms. The first kappa shape index (κ1) is 12.0. The first-order valence-corrected chi connectivity index (χ1v) is 5.51. The van der Waals surface area contributed by atoms with E-state index in [4.69, 9.17) is 0 Å². The number of rotatable bonds is 1. The number of alkyl halides is 3. The predicted molar refractivity (Wildman–Crippen MR) is 58.1 cm³/mol. The molecule has 1 aliphatic heterocycles. The van der Waals surface area contributed by atoms with E-state index < -0.39 is 12.2 Å². The average molecular weight is 246 g/mol. The Labute approximate surface area is 96.3 Å². The lowest BCUT2D eigenvalue weighted by atomic mass is 10.0. The molecule has 2 heterocycles. The summed E-state index contributed by atoms with van der Waals surface area (Å²) in [5, 5.41) is 0. The molecule has 1 aliphatic rings. The van der Waals surface area contributed by atoms with Crippen molar-refractivity contribution in [3.05, 3.63) is 28.6 Å². The largest absolute Gasteiger partial charge is 0.408 e. The van der Waals surface area contributed by atoms with Crippen molar-refractivity contribution in [1.29, 1.82) is 0 Å². The molecule has 0 saturated carbocycles. The third-order valence-electron chi connectivity index (χ3n) is 2.94. The van der Waals surface area contributed by atoms with Gasteiger partial charge in [-0.05, 0) is 25.3 Å². The van der Waals surface area contributed by atoms with Crippen molar-refractivity contribution < 1.29 is 13.2 Å². The minimum atomic E-state index is -4.26. The number of aromatic amines is 1. The molecule has 0 amide bonds. The number of piperidine rings is 1. The number of pyridine rings is 1. The van der Waals surface area contributed by atoms with Crippen LogP contribution >= 0.6 is 0 Å². The molecule has 0 aliphatic carbocycles. The van der Waals surface area contributed by atoms with Crippen LogP contribution in [0.2, 0.25) is 0 Å². The van der Waals surface area contributed by atoms with Crippen molar-refractivity contribution in [3.63, 3.8) is 0 Å². The van der Waals surface area contributed by atoms with Crippen LogP contribution in [0.4, 0.5) is 19.0 Å². The van der Waals surface area contributed by atoms with E-state index in [9.17, 15) is 18.0 Å². The Hall–Kier alpha value is -1.46. The van der Waals surface area contributed by atoms with Gasteiger partial charge in [0.15, 0.2) is 0 Å². The fourth-order valence-electron chi connectivity index (χ4n) is 2.16. The average Bonchev–Trinajstić information content (AvgIpc) is 2.28. The Morgan fingerprint density at radius 1 is 1.29 bits per heavy atom. The third-order valence-corrected chi connectivity index (χ3v) is 2.94. The zero-order valence-electron chi connectivity index (χ0n) is 9.13. The van der Waals surface area contributed by atoms with E-state index in [2.05, 4.69) is 4.98 Å². The molecular weight excluding hydrogens is 233 g/mol. The second-order valence-corrected chi connectivity index (χ2v) is 4.15. The summed E-state index contributed by atoms with van der Waals surface area (Å²) in [4.78, 5) is 14.8. The summed E-state index contributed by atoms with van der Waals surface area (Å²) in [6, 6.07) is 2.77. The molecular formula is C11H13F3N2O. The number of nitrogens with one attached hydrogen (secondary N) is 1. The Morgan fingerprint density at radius 3 is 2.71 bits per heavy atom. The number of hydrogen-bond donors (Lipinski definition) is 1. The highest BCUT2D eigenvalue weighted by molar-refractivity contribution is 5.40. The van der Waals surface area contributed by atoms with Gasteiger partial charge in [0, 0.05) is 12.6 Å². The van der Waals surface area contributed by atoms with E-state index in [1.807, 2.05) is 0 Å². The van der Waals surface area contributed by atoms with Gasteiger partial charge < -0.3 is 9.88 Å². The predicted octanol–water partition coefficient (Wildman–Crippen LogP) is 2.30. The number of nitrogens with zero attached hydrogens (tertiary/aromatic N) is 1. The van der Waals surface area contributed by atoms with Crippen LogP contribution in [0.25, 0.3) is 0 Å². The fraction of sp³-hybridized carbons (Fsp3) is 0.545. The summed E-state index contributed by atoms with van der Waals surface area (Å²) >= 11 is 0. The molecule has 3 nitrogen and oxygen atoms in total. The summed E-state index contributed by atoms with van der Waals surface area (Å²) in [7, 11) is 0. The number of aromatic nitrogens is 1. The van der Waals surface area contributed by atoms with E-state index in [1.54, 1.807) is 0 Å². The summed E-state index contributed by atoms with van der Waals surface area (Å²) in [6.07, 6.45) is -2.89. The van der Waals surface area contributed by atoms with Gasteiger partial charge in [0.25, 0.3) is 0 Å². The van der Waals surface area contributed by atoms with Crippen molar-refractivity contribution in [1.82, 2.24) is 4.98 Å². The lowest BCUT2D eigenvalue weighted by Gasteiger charge is -2.37. The zero-order chi connectivity index (χ0) is 12.5. The minimum absolute atomic E-state index is 0.0838. The van der Waals surface area contributed by atoms with Gasteiger partial charge in [-0.1, -0.05) is 6.07 Å². The van der Waals surface area contributed by atoms with Crippen LogP contribution in [0.5, 0.6) is 0 Å². The van der Waals surface area contributed by atoms with Crippen LogP contribution in [0.15, 0.2) is 23.0 Å². The van der Waals surface area contributed by atoms with Gasteiger partial charge in [-0.3, -0.25) is 4.79 Å². The lowest BCUT2D eigenvalue weighted by molar-refractivity contribution is -0.152. The lowest BCUT2D eigenvalue weighted by Crippen LogP contribution is -2.49. The smallest absolute Gasteiger partial charge is 0.346 e.